The van der Waals surface area contributed by atoms with Gasteiger partial charge in [-0.05, 0) is 42.3 Å². The summed E-state index contributed by atoms with van der Waals surface area (Å²) in [5.74, 6) is -2.21. The minimum absolute atomic E-state index is 0.243. The van der Waals surface area contributed by atoms with Crippen LogP contribution in [0, 0.1) is 5.92 Å². The van der Waals surface area contributed by atoms with Crippen LogP contribution in [-0.4, -0.2) is 34.6 Å². The van der Waals surface area contributed by atoms with E-state index in [1.165, 1.54) is 12.1 Å². The van der Waals surface area contributed by atoms with Crippen molar-refractivity contribution in [2.75, 3.05) is 5.32 Å². The van der Waals surface area contributed by atoms with Crippen molar-refractivity contribution < 1.29 is 19.2 Å². The zero-order valence-electron chi connectivity index (χ0n) is 15.6. The highest BCUT2D eigenvalue weighted by molar-refractivity contribution is 6.23. The Morgan fingerprint density at radius 1 is 1.00 bits per heavy atom. The van der Waals surface area contributed by atoms with Gasteiger partial charge in [-0.1, -0.05) is 32.4 Å². The van der Waals surface area contributed by atoms with Crippen LogP contribution in [0.3, 0.4) is 0 Å². The van der Waals surface area contributed by atoms with E-state index in [-0.39, 0.29) is 5.92 Å². The lowest BCUT2D eigenvalue weighted by Crippen LogP contribution is -2.50. The van der Waals surface area contributed by atoms with Crippen LogP contribution in [0.5, 0.6) is 0 Å². The zero-order valence-corrected chi connectivity index (χ0v) is 15.6. The number of rotatable bonds is 6. The highest BCUT2D eigenvalue weighted by atomic mass is 16.2. The largest absolute Gasteiger partial charge is 0.366 e. The molecule has 2 aromatic carbocycles. The van der Waals surface area contributed by atoms with Gasteiger partial charge in [0.15, 0.2) is 0 Å². The van der Waals surface area contributed by atoms with Crippen LogP contribution in [0.25, 0.3) is 0 Å². The van der Waals surface area contributed by atoms with Crippen LogP contribution in [0.2, 0.25) is 0 Å². The summed E-state index contributed by atoms with van der Waals surface area (Å²) in [6.45, 7) is 3.72. The van der Waals surface area contributed by atoms with Crippen molar-refractivity contribution in [3.63, 3.8) is 0 Å². The molecule has 0 bridgehead atoms. The Bertz CT molecular complexity index is 917. The number of hydrogen-bond acceptors (Lipinski definition) is 4. The third-order valence-electron chi connectivity index (χ3n) is 4.99. The Kier molecular flexibility index (Phi) is 5.26. The van der Waals surface area contributed by atoms with Gasteiger partial charge in [0, 0.05) is 11.3 Å². The van der Waals surface area contributed by atoms with E-state index >= 15 is 0 Å². The van der Waals surface area contributed by atoms with Gasteiger partial charge >= 0.3 is 0 Å². The van der Waals surface area contributed by atoms with Gasteiger partial charge in [-0.15, -0.1) is 0 Å². The van der Waals surface area contributed by atoms with E-state index < -0.39 is 29.7 Å². The summed E-state index contributed by atoms with van der Waals surface area (Å²) in [6, 6.07) is 11.7. The number of carbonyl (C=O) groups excluding carboxylic acids is 4. The summed E-state index contributed by atoms with van der Waals surface area (Å²) in [6.07, 6.45) is 0.603. The fourth-order valence-corrected chi connectivity index (χ4v) is 3.25. The molecule has 2 atom stereocenters. The number of nitrogens with one attached hydrogen (secondary N) is 1. The summed E-state index contributed by atoms with van der Waals surface area (Å²) in [5.41, 5.74) is 6.59. The summed E-state index contributed by atoms with van der Waals surface area (Å²) in [4.78, 5) is 50.9. The Labute approximate surface area is 162 Å². The molecule has 2 aromatic rings. The van der Waals surface area contributed by atoms with E-state index in [0.29, 0.717) is 28.8 Å². The first kappa shape index (κ1) is 19.3. The Morgan fingerprint density at radius 3 is 2.00 bits per heavy atom. The molecule has 144 valence electrons. The molecular weight excluding hydrogens is 358 g/mol. The number of nitrogens with zero attached hydrogens (tertiary/aromatic N) is 1. The summed E-state index contributed by atoms with van der Waals surface area (Å²) in [7, 11) is 0. The van der Waals surface area contributed by atoms with Gasteiger partial charge in [0.25, 0.3) is 11.8 Å². The van der Waals surface area contributed by atoms with E-state index in [9.17, 15) is 19.2 Å². The first-order chi connectivity index (χ1) is 13.3. The number of carbonyl (C=O) groups is 4. The maximum atomic E-state index is 13.0. The molecule has 1 aliphatic heterocycles. The normalized spacial score (nSPS) is 15.1. The van der Waals surface area contributed by atoms with Gasteiger partial charge in [-0.3, -0.25) is 24.1 Å². The van der Waals surface area contributed by atoms with Crippen LogP contribution >= 0.6 is 0 Å². The van der Waals surface area contributed by atoms with Gasteiger partial charge in [0.2, 0.25) is 11.8 Å². The van der Waals surface area contributed by atoms with Gasteiger partial charge in [-0.25, -0.2) is 0 Å². The average molecular weight is 379 g/mol. The highest BCUT2D eigenvalue weighted by Gasteiger charge is 2.44. The maximum absolute atomic E-state index is 13.0. The molecule has 0 fully saturated rings. The Balaban J connectivity index is 1.88. The van der Waals surface area contributed by atoms with Gasteiger partial charge in [0.05, 0.1) is 11.1 Å². The van der Waals surface area contributed by atoms with E-state index in [0.717, 1.165) is 4.90 Å². The standard InChI is InChI=1S/C21H21N3O4/c1-3-12(2)17(19(26)23-14-10-8-13(9-11-14)18(22)25)24-20(27)15-6-4-5-7-16(15)21(24)28/h4-12,17H,3H2,1-2H3,(H2,22,25)(H,23,26)/t12-,17-/m0/s1. The van der Waals surface area contributed by atoms with Crippen molar-refractivity contribution >= 4 is 29.3 Å². The lowest BCUT2D eigenvalue weighted by Gasteiger charge is -2.29. The molecule has 4 amide bonds. The fraction of sp³-hybridized carbons (Fsp3) is 0.238. The molecule has 0 aliphatic carbocycles. The first-order valence-electron chi connectivity index (χ1n) is 9.02. The van der Waals surface area contributed by atoms with Crippen molar-refractivity contribution in [2.24, 2.45) is 11.7 Å². The number of nitrogens with two attached hydrogens (primary N) is 1. The maximum Gasteiger partial charge on any atom is 0.262 e. The SMILES string of the molecule is CC[C@H](C)[C@@H](C(=O)Nc1ccc(C(N)=O)cc1)N1C(=O)c2ccccc2C1=O. The van der Waals surface area contributed by atoms with E-state index in [1.807, 2.05) is 13.8 Å². The second kappa shape index (κ2) is 7.64. The van der Waals surface area contributed by atoms with Crippen LogP contribution in [0.4, 0.5) is 5.69 Å². The molecule has 0 saturated carbocycles. The predicted octanol–water partition coefficient (Wildman–Crippen LogP) is 2.43. The summed E-state index contributed by atoms with van der Waals surface area (Å²) >= 11 is 0. The first-order valence-corrected chi connectivity index (χ1v) is 9.02. The lowest BCUT2D eigenvalue weighted by atomic mass is 9.96. The Morgan fingerprint density at radius 2 is 1.54 bits per heavy atom. The zero-order chi connectivity index (χ0) is 20.4. The third-order valence-corrected chi connectivity index (χ3v) is 4.99. The topological polar surface area (TPSA) is 110 Å². The molecule has 7 nitrogen and oxygen atoms in total. The third kappa shape index (κ3) is 3.38. The molecule has 3 N–H and O–H groups in total. The lowest BCUT2D eigenvalue weighted by molar-refractivity contribution is -0.121. The minimum atomic E-state index is -0.951. The van der Waals surface area contributed by atoms with Crippen LogP contribution in [-0.2, 0) is 4.79 Å². The van der Waals surface area contributed by atoms with Crippen molar-refractivity contribution in [1.82, 2.24) is 4.90 Å². The molecule has 0 aromatic heterocycles. The number of hydrogen-bond donors (Lipinski definition) is 2. The van der Waals surface area contributed by atoms with E-state index in [4.69, 9.17) is 5.73 Å². The number of anilines is 1. The molecule has 0 spiro atoms. The van der Waals surface area contributed by atoms with Crippen molar-refractivity contribution in [3.8, 4) is 0 Å². The van der Waals surface area contributed by atoms with Crippen LogP contribution in [0.1, 0.15) is 51.3 Å². The molecule has 7 heteroatoms. The smallest absolute Gasteiger partial charge is 0.262 e. The van der Waals surface area contributed by atoms with Crippen LogP contribution in [0.15, 0.2) is 48.5 Å². The average Bonchev–Trinajstić information content (AvgIpc) is 2.94. The number of benzene rings is 2. The quantitative estimate of drug-likeness (QED) is 0.751. The Hall–Kier alpha value is -3.48. The predicted molar refractivity (Wildman–Crippen MR) is 104 cm³/mol. The second-order valence-corrected chi connectivity index (χ2v) is 6.79. The number of amides is 4. The molecule has 3 rings (SSSR count). The highest BCUT2D eigenvalue weighted by Crippen LogP contribution is 2.28. The summed E-state index contributed by atoms with van der Waals surface area (Å²) < 4.78 is 0. The van der Waals surface area contributed by atoms with Crippen LogP contribution < -0.4 is 11.1 Å². The molecular formula is C21H21N3O4. The number of fused-ring (bicyclic) bond motifs is 1. The second-order valence-electron chi connectivity index (χ2n) is 6.79. The van der Waals surface area contributed by atoms with Gasteiger partial charge in [-0.2, -0.15) is 0 Å². The van der Waals surface area contributed by atoms with E-state index in [2.05, 4.69) is 5.32 Å². The number of imide groups is 1. The van der Waals surface area contributed by atoms with Crippen molar-refractivity contribution in [1.29, 1.82) is 0 Å². The van der Waals surface area contributed by atoms with Crippen molar-refractivity contribution in [2.45, 2.75) is 26.3 Å². The molecule has 1 heterocycles. The molecule has 0 unspecified atom stereocenters. The van der Waals surface area contributed by atoms with E-state index in [1.54, 1.807) is 36.4 Å². The number of primary amides is 1. The van der Waals surface area contributed by atoms with Gasteiger partial charge < -0.3 is 11.1 Å². The molecule has 1 aliphatic rings. The molecule has 0 saturated heterocycles. The van der Waals surface area contributed by atoms with Crippen molar-refractivity contribution in [3.05, 3.63) is 65.2 Å². The monoisotopic (exact) mass is 379 g/mol. The minimum Gasteiger partial charge on any atom is -0.366 e. The summed E-state index contributed by atoms with van der Waals surface area (Å²) in [5, 5.41) is 2.73. The molecule has 0 radical (unpaired) electrons. The fourth-order valence-electron chi connectivity index (χ4n) is 3.25. The molecule has 28 heavy (non-hydrogen) atoms. The van der Waals surface area contributed by atoms with Gasteiger partial charge in [0.1, 0.15) is 6.04 Å².